The standard InChI is InChI=1S/C27H32N6O3S2/c1-4-5-6-13-29-26(35)33-27-32-23(28-2)22(38-27)25-31-21(16-37-25)17-9-7-11-19(14-17)30-24(34)18-10-8-12-20(15-18)36-3/h7-12,14-16,25,28,31H,4-6,13H2,1-3H3,(H,30,34)(H2,29,32,33,35). The van der Waals surface area contributed by atoms with Crippen LogP contribution in [0.4, 0.5) is 21.4 Å². The Morgan fingerprint density at radius 1 is 1.11 bits per heavy atom. The van der Waals surface area contributed by atoms with Gasteiger partial charge in [-0.15, -0.1) is 11.8 Å². The lowest BCUT2D eigenvalue weighted by Crippen LogP contribution is -2.29. The lowest BCUT2D eigenvalue weighted by molar-refractivity contribution is 0.102. The summed E-state index contributed by atoms with van der Waals surface area (Å²) in [5.41, 5.74) is 3.10. The van der Waals surface area contributed by atoms with Crippen molar-refractivity contribution < 1.29 is 14.3 Å². The van der Waals surface area contributed by atoms with E-state index in [1.807, 2.05) is 31.3 Å². The van der Waals surface area contributed by atoms with Crippen LogP contribution in [0.1, 0.15) is 52.4 Å². The first-order valence-electron chi connectivity index (χ1n) is 12.4. The van der Waals surface area contributed by atoms with E-state index in [-0.39, 0.29) is 17.3 Å². The van der Waals surface area contributed by atoms with Gasteiger partial charge in [-0.25, -0.2) is 9.78 Å². The molecule has 5 N–H and O–H groups in total. The van der Waals surface area contributed by atoms with Gasteiger partial charge in [0.05, 0.1) is 12.0 Å². The topological polar surface area (TPSA) is 116 Å². The lowest BCUT2D eigenvalue weighted by atomic mass is 10.1. The minimum Gasteiger partial charge on any atom is -0.497 e. The fourth-order valence-electron chi connectivity index (χ4n) is 3.82. The number of methoxy groups -OCH3 is 1. The van der Waals surface area contributed by atoms with Gasteiger partial charge in [-0.05, 0) is 42.2 Å². The van der Waals surface area contributed by atoms with Crippen molar-refractivity contribution in [2.24, 2.45) is 0 Å². The van der Waals surface area contributed by atoms with Crippen LogP contribution in [0, 0.1) is 0 Å². The molecule has 2 aromatic carbocycles. The molecule has 1 aliphatic rings. The number of thioether (sulfide) groups is 1. The number of hydrogen-bond donors (Lipinski definition) is 5. The Morgan fingerprint density at radius 2 is 1.95 bits per heavy atom. The van der Waals surface area contributed by atoms with Crippen LogP contribution in [0.15, 0.2) is 53.9 Å². The average Bonchev–Trinajstić information content (AvgIpc) is 3.58. The van der Waals surface area contributed by atoms with Gasteiger partial charge in [-0.2, -0.15) is 0 Å². The van der Waals surface area contributed by atoms with Crippen molar-refractivity contribution in [3.8, 4) is 5.75 Å². The smallest absolute Gasteiger partial charge is 0.321 e. The van der Waals surface area contributed by atoms with Gasteiger partial charge in [0.25, 0.3) is 5.91 Å². The van der Waals surface area contributed by atoms with Crippen LogP contribution in [-0.2, 0) is 0 Å². The first-order chi connectivity index (χ1) is 18.5. The fraction of sp³-hybridized carbons (Fsp3) is 0.296. The number of hydrogen-bond acceptors (Lipinski definition) is 8. The molecular formula is C27H32N6O3S2. The average molecular weight is 553 g/mol. The van der Waals surface area contributed by atoms with Crippen LogP contribution in [0.3, 0.4) is 0 Å². The SMILES string of the molecule is CCCCCNC(=O)Nc1nc(NC)c(C2NC(c3cccc(NC(=O)c4cccc(OC)c4)c3)=CS2)s1. The molecule has 0 saturated carbocycles. The quantitative estimate of drug-likeness (QED) is 0.183. The molecule has 1 aliphatic heterocycles. The Bertz CT molecular complexity index is 1310. The molecule has 0 aliphatic carbocycles. The van der Waals surface area contributed by atoms with Crippen LogP contribution >= 0.6 is 23.1 Å². The number of nitrogens with one attached hydrogen (secondary N) is 5. The third-order valence-corrected chi connectivity index (χ3v) is 7.97. The Labute approximate surface area is 230 Å². The van der Waals surface area contributed by atoms with Crippen molar-refractivity contribution >= 4 is 57.4 Å². The Kier molecular flexibility index (Phi) is 9.50. The van der Waals surface area contributed by atoms with Crippen molar-refractivity contribution in [1.82, 2.24) is 15.6 Å². The molecule has 3 aromatic rings. The van der Waals surface area contributed by atoms with Gasteiger partial charge in [-0.1, -0.05) is 49.3 Å². The summed E-state index contributed by atoms with van der Waals surface area (Å²) in [7, 11) is 3.39. The van der Waals surface area contributed by atoms with Crippen LogP contribution in [0.25, 0.3) is 5.70 Å². The molecule has 3 amide bonds. The highest BCUT2D eigenvalue weighted by Gasteiger charge is 2.26. The molecule has 1 aromatic heterocycles. The van der Waals surface area contributed by atoms with Crippen LogP contribution in [-0.4, -0.2) is 37.6 Å². The Morgan fingerprint density at radius 3 is 2.74 bits per heavy atom. The maximum absolute atomic E-state index is 12.7. The van der Waals surface area contributed by atoms with E-state index in [2.05, 4.69) is 43.9 Å². The third-order valence-electron chi connectivity index (χ3n) is 5.79. The van der Waals surface area contributed by atoms with Gasteiger partial charge in [-0.3, -0.25) is 10.1 Å². The molecule has 38 heavy (non-hydrogen) atoms. The Hall–Kier alpha value is -3.70. The zero-order chi connectivity index (χ0) is 26.9. The number of anilines is 3. The van der Waals surface area contributed by atoms with E-state index in [4.69, 9.17) is 4.74 Å². The fourth-order valence-corrected chi connectivity index (χ4v) is 5.93. The molecule has 11 heteroatoms. The predicted octanol–water partition coefficient (Wildman–Crippen LogP) is 6.09. The van der Waals surface area contributed by atoms with E-state index >= 15 is 0 Å². The lowest BCUT2D eigenvalue weighted by Gasteiger charge is -2.13. The minimum absolute atomic E-state index is 0.0665. The predicted molar refractivity (Wildman–Crippen MR) is 157 cm³/mol. The largest absolute Gasteiger partial charge is 0.497 e. The van der Waals surface area contributed by atoms with Crippen molar-refractivity contribution in [2.45, 2.75) is 31.6 Å². The van der Waals surface area contributed by atoms with Crippen molar-refractivity contribution in [3.63, 3.8) is 0 Å². The molecular weight excluding hydrogens is 520 g/mol. The first kappa shape index (κ1) is 27.3. The van der Waals surface area contributed by atoms with E-state index < -0.39 is 0 Å². The molecule has 2 heterocycles. The monoisotopic (exact) mass is 552 g/mol. The van der Waals surface area contributed by atoms with Gasteiger partial charge in [0.1, 0.15) is 16.9 Å². The Balaban J connectivity index is 1.39. The highest BCUT2D eigenvalue weighted by Crippen LogP contribution is 2.44. The zero-order valence-corrected chi connectivity index (χ0v) is 23.2. The molecule has 200 valence electrons. The summed E-state index contributed by atoms with van der Waals surface area (Å²) in [5.74, 6) is 1.14. The number of carbonyl (C=O) groups excluding carboxylic acids is 2. The highest BCUT2D eigenvalue weighted by molar-refractivity contribution is 8.02. The highest BCUT2D eigenvalue weighted by atomic mass is 32.2. The molecule has 0 saturated heterocycles. The van der Waals surface area contributed by atoms with Gasteiger partial charge in [0, 0.05) is 36.1 Å². The van der Waals surface area contributed by atoms with E-state index in [1.54, 1.807) is 43.1 Å². The van der Waals surface area contributed by atoms with E-state index in [0.29, 0.717) is 28.7 Å². The van der Waals surface area contributed by atoms with E-state index in [9.17, 15) is 9.59 Å². The maximum Gasteiger partial charge on any atom is 0.321 e. The number of rotatable bonds is 11. The van der Waals surface area contributed by atoms with E-state index in [1.165, 1.54) is 11.3 Å². The number of aromatic nitrogens is 1. The maximum atomic E-state index is 12.7. The summed E-state index contributed by atoms with van der Waals surface area (Å²) in [4.78, 5) is 30.5. The van der Waals surface area contributed by atoms with Gasteiger partial charge in [0.15, 0.2) is 5.13 Å². The van der Waals surface area contributed by atoms with Gasteiger partial charge >= 0.3 is 6.03 Å². The molecule has 0 bridgehead atoms. The number of nitrogens with zero attached hydrogens (tertiary/aromatic N) is 1. The number of urea groups is 1. The molecule has 1 atom stereocenters. The van der Waals surface area contributed by atoms with Gasteiger partial charge in [0.2, 0.25) is 0 Å². The minimum atomic E-state index is -0.247. The summed E-state index contributed by atoms with van der Waals surface area (Å²) < 4.78 is 5.22. The van der Waals surface area contributed by atoms with Crippen molar-refractivity contribution in [2.75, 3.05) is 36.7 Å². The summed E-state index contributed by atoms with van der Waals surface area (Å²) in [6.07, 6.45) is 3.15. The van der Waals surface area contributed by atoms with Crippen LogP contribution < -0.4 is 31.3 Å². The summed E-state index contributed by atoms with van der Waals surface area (Å²) in [5, 5.41) is 17.9. The number of unbranched alkanes of at least 4 members (excludes halogenated alkanes) is 2. The third kappa shape index (κ3) is 6.99. The number of benzene rings is 2. The summed E-state index contributed by atoms with van der Waals surface area (Å²) in [6.45, 7) is 2.77. The number of ether oxygens (including phenoxy) is 1. The van der Waals surface area contributed by atoms with Crippen LogP contribution in [0.2, 0.25) is 0 Å². The normalized spacial score (nSPS) is 14.3. The van der Waals surface area contributed by atoms with Gasteiger partial charge < -0.3 is 26.0 Å². The van der Waals surface area contributed by atoms with Crippen LogP contribution in [0.5, 0.6) is 5.75 Å². The summed E-state index contributed by atoms with van der Waals surface area (Å²) in [6, 6.07) is 14.5. The van der Waals surface area contributed by atoms with Crippen molar-refractivity contribution in [1.29, 1.82) is 0 Å². The number of thiazole rings is 1. The molecule has 0 radical (unpaired) electrons. The zero-order valence-electron chi connectivity index (χ0n) is 21.6. The molecule has 1 unspecified atom stereocenters. The summed E-state index contributed by atoms with van der Waals surface area (Å²) >= 11 is 3.06. The first-order valence-corrected chi connectivity index (χ1v) is 14.2. The van der Waals surface area contributed by atoms with E-state index in [0.717, 1.165) is 41.2 Å². The molecule has 9 nitrogen and oxygen atoms in total. The van der Waals surface area contributed by atoms with Crippen molar-refractivity contribution in [3.05, 3.63) is 69.9 Å². The second-order valence-electron chi connectivity index (χ2n) is 8.53. The second-order valence-corrected chi connectivity index (χ2v) is 10.5. The molecule has 0 spiro atoms. The second kappa shape index (κ2) is 13.2. The number of amides is 3. The number of carbonyl (C=O) groups is 2. The molecule has 4 rings (SSSR count). The molecule has 0 fully saturated rings.